The van der Waals surface area contributed by atoms with Gasteiger partial charge in [0, 0.05) is 5.92 Å². The molecule has 0 aromatic rings. The summed E-state index contributed by atoms with van der Waals surface area (Å²) in [5.41, 5.74) is 0. The first-order chi connectivity index (χ1) is 9.52. The van der Waals surface area contributed by atoms with Gasteiger partial charge in [-0.05, 0) is 56.7 Å². The highest BCUT2D eigenvalue weighted by Crippen LogP contribution is 2.54. The maximum atomic E-state index is 11.4. The molecule has 0 aliphatic heterocycles. The number of carboxylic acid groups (broad SMARTS) is 1. The minimum absolute atomic E-state index is 0.180. The van der Waals surface area contributed by atoms with E-state index in [2.05, 4.69) is 11.8 Å². The second-order valence-corrected chi connectivity index (χ2v) is 6.24. The molecule has 3 N–H and O–H groups in total. The monoisotopic (exact) mass is 278 g/mol. The number of fused-ring (bicyclic) bond motifs is 1. The lowest BCUT2D eigenvalue weighted by molar-refractivity contribution is -0.143. The van der Waals surface area contributed by atoms with Crippen molar-refractivity contribution in [3.05, 3.63) is 0 Å². The Kier molecular flexibility index (Phi) is 5.12. The van der Waals surface area contributed by atoms with Crippen molar-refractivity contribution in [2.24, 2.45) is 29.6 Å². The molecule has 0 heterocycles. The van der Waals surface area contributed by atoms with Crippen molar-refractivity contribution >= 4 is 13.1 Å². The molecule has 0 radical (unpaired) electrons. The molecule has 2 rings (SSSR count). The largest absolute Gasteiger partial charge is 0.481 e. The van der Waals surface area contributed by atoms with Crippen molar-refractivity contribution in [1.82, 2.24) is 0 Å². The Morgan fingerprint density at radius 1 is 1.30 bits per heavy atom. The lowest BCUT2D eigenvalue weighted by Crippen LogP contribution is -2.23. The fourth-order valence-corrected chi connectivity index (χ4v) is 4.31. The molecule has 0 aromatic heterocycles. The van der Waals surface area contributed by atoms with Crippen LogP contribution in [-0.4, -0.2) is 28.2 Å². The normalized spacial score (nSPS) is 35.2. The molecular formula is C15H23BO4. The molecule has 110 valence electrons. The van der Waals surface area contributed by atoms with Crippen LogP contribution in [0.3, 0.4) is 0 Å². The molecule has 4 nitrogen and oxygen atoms in total. The van der Waals surface area contributed by atoms with E-state index in [1.807, 2.05) is 6.92 Å². The molecule has 20 heavy (non-hydrogen) atoms. The molecule has 0 aromatic carbocycles. The van der Waals surface area contributed by atoms with Gasteiger partial charge in [0.25, 0.3) is 0 Å². The Morgan fingerprint density at radius 3 is 2.65 bits per heavy atom. The van der Waals surface area contributed by atoms with Gasteiger partial charge < -0.3 is 15.2 Å². The number of rotatable bonds is 5. The zero-order valence-corrected chi connectivity index (χ0v) is 12.0. The molecule has 2 saturated carbocycles. The predicted octanol–water partition coefficient (Wildman–Crippen LogP) is 1.63. The van der Waals surface area contributed by atoms with Crippen LogP contribution in [0.2, 0.25) is 6.32 Å². The minimum Gasteiger partial charge on any atom is -0.481 e. The molecule has 5 atom stereocenters. The van der Waals surface area contributed by atoms with Gasteiger partial charge in [0.15, 0.2) is 0 Å². The van der Waals surface area contributed by atoms with Crippen LogP contribution in [0.4, 0.5) is 0 Å². The third-order valence-corrected chi connectivity index (χ3v) is 5.04. The molecular weight excluding hydrogens is 255 g/mol. The first-order valence-electron chi connectivity index (χ1n) is 7.54. The quantitative estimate of drug-likeness (QED) is 0.527. The minimum atomic E-state index is -1.28. The zero-order valence-electron chi connectivity index (χ0n) is 12.0. The number of hydrogen-bond donors (Lipinski definition) is 3. The molecule has 0 amide bonds. The third kappa shape index (κ3) is 3.36. The molecule has 0 spiro atoms. The van der Waals surface area contributed by atoms with Gasteiger partial charge in [-0.1, -0.05) is 6.42 Å². The van der Waals surface area contributed by atoms with E-state index in [1.165, 1.54) is 0 Å². The van der Waals surface area contributed by atoms with Crippen LogP contribution in [0.5, 0.6) is 0 Å². The Balaban J connectivity index is 1.99. The first-order valence-corrected chi connectivity index (χ1v) is 7.54. The summed E-state index contributed by atoms with van der Waals surface area (Å²) in [5, 5.41) is 27.2. The summed E-state index contributed by atoms with van der Waals surface area (Å²) in [5.74, 6) is 6.82. The van der Waals surface area contributed by atoms with E-state index in [9.17, 15) is 9.90 Å². The SMILES string of the molecule is CC#C[C@H]1C[C@@H]2C[C@@H](C(=O)O)[C@@H](CCCB(O)O)[C@@H]2C1. The van der Waals surface area contributed by atoms with Crippen LogP contribution in [-0.2, 0) is 4.79 Å². The molecule has 2 aliphatic rings. The first kappa shape index (κ1) is 15.4. The Hall–Kier alpha value is -0.985. The molecule has 0 bridgehead atoms. The Morgan fingerprint density at radius 2 is 2.05 bits per heavy atom. The fraction of sp³-hybridized carbons (Fsp3) is 0.800. The highest BCUT2D eigenvalue weighted by molar-refractivity contribution is 6.40. The van der Waals surface area contributed by atoms with Crippen molar-refractivity contribution in [3.8, 4) is 11.8 Å². The van der Waals surface area contributed by atoms with Crippen LogP contribution in [0.1, 0.15) is 39.0 Å². The second kappa shape index (κ2) is 6.65. The van der Waals surface area contributed by atoms with Crippen molar-refractivity contribution in [3.63, 3.8) is 0 Å². The summed E-state index contributed by atoms with van der Waals surface area (Å²) in [6.45, 7) is 1.86. The van der Waals surface area contributed by atoms with E-state index in [0.717, 1.165) is 25.7 Å². The molecule has 0 unspecified atom stereocenters. The molecule has 2 fully saturated rings. The van der Waals surface area contributed by atoms with Crippen molar-refractivity contribution in [2.75, 3.05) is 0 Å². The van der Waals surface area contributed by atoms with Gasteiger partial charge in [0.05, 0.1) is 5.92 Å². The number of hydrogen-bond acceptors (Lipinski definition) is 3. The standard InChI is InChI=1S/C15H23BO4/c1-2-4-10-7-11-9-14(15(17)18)12(13(11)8-10)5-3-6-16(19)20/h10-14,19-20H,3,5-9H2,1H3,(H,17,18)/t10-,11+,12-,13+,14+/m0/s1. The van der Waals surface area contributed by atoms with Gasteiger partial charge in [-0.2, -0.15) is 0 Å². The zero-order chi connectivity index (χ0) is 14.7. The maximum Gasteiger partial charge on any atom is 0.451 e. The second-order valence-electron chi connectivity index (χ2n) is 6.24. The Labute approximate surface area is 120 Å². The summed E-state index contributed by atoms with van der Waals surface area (Å²) in [6, 6.07) is 0. The molecule has 5 heteroatoms. The van der Waals surface area contributed by atoms with E-state index < -0.39 is 13.1 Å². The van der Waals surface area contributed by atoms with Gasteiger partial charge in [-0.15, -0.1) is 11.8 Å². The highest BCUT2D eigenvalue weighted by Gasteiger charge is 2.50. The number of carboxylic acids is 1. The number of carbonyl (C=O) groups is 1. The van der Waals surface area contributed by atoms with Gasteiger partial charge in [-0.25, -0.2) is 0 Å². The van der Waals surface area contributed by atoms with E-state index in [1.54, 1.807) is 0 Å². The summed E-state index contributed by atoms with van der Waals surface area (Å²) in [4.78, 5) is 11.4. The Bertz CT molecular complexity index is 412. The highest BCUT2D eigenvalue weighted by atomic mass is 16.4. The number of aliphatic carboxylic acids is 1. The van der Waals surface area contributed by atoms with Gasteiger partial charge in [0.1, 0.15) is 0 Å². The predicted molar refractivity (Wildman–Crippen MR) is 76.6 cm³/mol. The molecule has 2 aliphatic carbocycles. The van der Waals surface area contributed by atoms with Gasteiger partial charge in [0.2, 0.25) is 0 Å². The van der Waals surface area contributed by atoms with Crippen LogP contribution in [0.25, 0.3) is 0 Å². The lowest BCUT2D eigenvalue weighted by atomic mass is 9.78. The maximum absolute atomic E-state index is 11.4. The van der Waals surface area contributed by atoms with Crippen molar-refractivity contribution in [1.29, 1.82) is 0 Å². The summed E-state index contributed by atoms with van der Waals surface area (Å²) >= 11 is 0. The van der Waals surface area contributed by atoms with E-state index in [0.29, 0.717) is 30.5 Å². The van der Waals surface area contributed by atoms with Crippen LogP contribution in [0, 0.1) is 41.4 Å². The molecule has 0 saturated heterocycles. The smallest absolute Gasteiger partial charge is 0.451 e. The van der Waals surface area contributed by atoms with Crippen LogP contribution >= 0.6 is 0 Å². The van der Waals surface area contributed by atoms with E-state index in [4.69, 9.17) is 10.0 Å². The van der Waals surface area contributed by atoms with Crippen molar-refractivity contribution < 1.29 is 19.9 Å². The topological polar surface area (TPSA) is 77.8 Å². The summed E-state index contributed by atoms with van der Waals surface area (Å²) in [7, 11) is -1.28. The summed E-state index contributed by atoms with van der Waals surface area (Å²) in [6.07, 6.45) is 4.62. The third-order valence-electron chi connectivity index (χ3n) is 5.04. The van der Waals surface area contributed by atoms with Crippen LogP contribution in [0.15, 0.2) is 0 Å². The van der Waals surface area contributed by atoms with Crippen molar-refractivity contribution in [2.45, 2.75) is 45.3 Å². The van der Waals surface area contributed by atoms with Gasteiger partial charge >= 0.3 is 13.1 Å². The fourth-order valence-electron chi connectivity index (χ4n) is 4.31. The lowest BCUT2D eigenvalue weighted by Gasteiger charge is -2.22. The van der Waals surface area contributed by atoms with E-state index >= 15 is 0 Å². The average Bonchev–Trinajstić information content (AvgIpc) is 2.88. The van der Waals surface area contributed by atoms with E-state index in [-0.39, 0.29) is 11.8 Å². The average molecular weight is 278 g/mol. The van der Waals surface area contributed by atoms with Gasteiger partial charge in [-0.3, -0.25) is 4.79 Å². The van der Waals surface area contributed by atoms with Crippen LogP contribution < -0.4 is 0 Å². The summed E-state index contributed by atoms with van der Waals surface area (Å²) < 4.78 is 0.